The maximum absolute atomic E-state index is 12.7. The normalized spacial score (nSPS) is 11.4. The van der Waals surface area contributed by atoms with Crippen LogP contribution in [0.5, 0.6) is 0 Å². The Morgan fingerprint density at radius 2 is 1.95 bits per heavy atom. The van der Waals surface area contributed by atoms with Crippen molar-refractivity contribution in [2.75, 3.05) is 0 Å². The lowest BCUT2D eigenvalue weighted by Gasteiger charge is -2.11. The number of rotatable bonds is 4. The van der Waals surface area contributed by atoms with E-state index in [1.165, 1.54) is 0 Å². The predicted molar refractivity (Wildman–Crippen MR) is 86.3 cm³/mol. The Balaban J connectivity index is 2.42. The van der Waals surface area contributed by atoms with Crippen molar-refractivity contribution >= 4 is 22.1 Å². The fourth-order valence-electron chi connectivity index (χ4n) is 2.64. The number of unbranched alkanes of at least 4 members (excludes halogenated alkanes) is 1. The summed E-state index contributed by atoms with van der Waals surface area (Å²) in [5.41, 5.74) is -0.00406. The van der Waals surface area contributed by atoms with Crippen LogP contribution in [0.1, 0.15) is 32.5 Å². The lowest BCUT2D eigenvalue weighted by atomic mass is 10.2. The van der Waals surface area contributed by atoms with Gasteiger partial charge in [0, 0.05) is 13.0 Å². The van der Waals surface area contributed by atoms with Crippen molar-refractivity contribution in [2.24, 2.45) is 0 Å². The molecule has 0 amide bonds. The zero-order valence-corrected chi connectivity index (χ0v) is 12.8. The number of aromatic nitrogens is 2. The minimum Gasteiger partial charge on any atom is -0.437 e. The summed E-state index contributed by atoms with van der Waals surface area (Å²) < 4.78 is 7.29. The Morgan fingerprint density at radius 3 is 2.68 bits per heavy atom. The molecule has 0 fully saturated rings. The fourth-order valence-corrected chi connectivity index (χ4v) is 2.64. The van der Waals surface area contributed by atoms with E-state index in [-0.39, 0.29) is 22.1 Å². The molecule has 0 saturated heterocycles. The number of benzene rings is 1. The highest BCUT2D eigenvalue weighted by Gasteiger charge is 2.16. The summed E-state index contributed by atoms with van der Waals surface area (Å²) in [6.07, 6.45) is 2.46. The fraction of sp³-hybridized carbons (Fsp3) is 0.353. The first-order valence-electron chi connectivity index (χ1n) is 7.62. The van der Waals surface area contributed by atoms with Crippen LogP contribution >= 0.6 is 0 Å². The Labute approximate surface area is 127 Å². The first-order chi connectivity index (χ1) is 10.7. The van der Waals surface area contributed by atoms with Gasteiger partial charge in [0.25, 0.3) is 5.56 Å². The van der Waals surface area contributed by atoms with Crippen molar-refractivity contribution < 1.29 is 4.42 Å². The summed E-state index contributed by atoms with van der Waals surface area (Å²) in [5, 5.41) is 0.465. The quantitative estimate of drug-likeness (QED) is 0.695. The van der Waals surface area contributed by atoms with Crippen molar-refractivity contribution in [2.45, 2.75) is 39.7 Å². The second kappa shape index (κ2) is 5.75. The summed E-state index contributed by atoms with van der Waals surface area (Å²) >= 11 is 0. The van der Waals surface area contributed by atoms with Crippen LogP contribution in [0.25, 0.3) is 22.1 Å². The molecule has 2 aromatic heterocycles. The summed E-state index contributed by atoms with van der Waals surface area (Å²) in [7, 11) is 0. The Kier molecular flexibility index (Phi) is 3.79. The van der Waals surface area contributed by atoms with Gasteiger partial charge in [-0.15, -0.1) is 0 Å². The van der Waals surface area contributed by atoms with Crippen LogP contribution in [-0.2, 0) is 13.0 Å². The van der Waals surface area contributed by atoms with E-state index in [2.05, 4.69) is 11.9 Å². The van der Waals surface area contributed by atoms with Gasteiger partial charge in [-0.3, -0.25) is 14.2 Å². The van der Waals surface area contributed by atoms with Gasteiger partial charge in [0.1, 0.15) is 11.4 Å². The third-order valence-corrected chi connectivity index (χ3v) is 3.83. The van der Waals surface area contributed by atoms with E-state index in [0.717, 1.165) is 12.8 Å². The Hall–Kier alpha value is -2.43. The van der Waals surface area contributed by atoms with Crippen LogP contribution in [0.15, 0.2) is 38.3 Å². The van der Waals surface area contributed by atoms with Crippen molar-refractivity contribution in [3.8, 4) is 0 Å². The second-order valence-electron chi connectivity index (χ2n) is 5.30. The average molecular weight is 298 g/mol. The first-order valence-corrected chi connectivity index (χ1v) is 7.62. The largest absolute Gasteiger partial charge is 0.437 e. The van der Waals surface area contributed by atoms with Crippen LogP contribution < -0.4 is 11.0 Å². The number of hydrogen-bond donors (Lipinski definition) is 0. The van der Waals surface area contributed by atoms with Crippen molar-refractivity contribution in [1.82, 2.24) is 9.55 Å². The zero-order chi connectivity index (χ0) is 15.7. The molecule has 0 spiro atoms. The van der Waals surface area contributed by atoms with Crippen molar-refractivity contribution in [1.29, 1.82) is 0 Å². The van der Waals surface area contributed by atoms with E-state index in [1.54, 1.807) is 28.8 Å². The summed E-state index contributed by atoms with van der Waals surface area (Å²) in [5.74, 6) is 0.657. The third kappa shape index (κ3) is 2.22. The molecule has 0 aliphatic heterocycles. The number of para-hydroxylation sites is 1. The maximum atomic E-state index is 12.7. The molecular weight excluding hydrogens is 280 g/mol. The molecule has 0 radical (unpaired) electrons. The van der Waals surface area contributed by atoms with Crippen LogP contribution in [-0.4, -0.2) is 9.55 Å². The molecule has 0 aliphatic carbocycles. The van der Waals surface area contributed by atoms with Gasteiger partial charge in [-0.05, 0) is 18.6 Å². The van der Waals surface area contributed by atoms with Gasteiger partial charge in [-0.1, -0.05) is 32.4 Å². The lowest BCUT2D eigenvalue weighted by Crippen LogP contribution is -2.29. The molecule has 0 saturated carbocycles. The zero-order valence-electron chi connectivity index (χ0n) is 12.8. The first kappa shape index (κ1) is 14.5. The number of hydrogen-bond acceptors (Lipinski definition) is 4. The summed E-state index contributed by atoms with van der Waals surface area (Å²) in [4.78, 5) is 29.8. The van der Waals surface area contributed by atoms with Gasteiger partial charge in [0.15, 0.2) is 5.39 Å². The molecule has 0 unspecified atom stereocenters. The smallest absolute Gasteiger partial charge is 0.268 e. The van der Waals surface area contributed by atoms with Crippen LogP contribution in [0, 0.1) is 0 Å². The molecule has 5 heteroatoms. The van der Waals surface area contributed by atoms with Crippen molar-refractivity contribution in [3.05, 3.63) is 50.7 Å². The van der Waals surface area contributed by atoms with Gasteiger partial charge >= 0.3 is 0 Å². The highest BCUT2D eigenvalue weighted by molar-refractivity contribution is 5.87. The summed E-state index contributed by atoms with van der Waals surface area (Å²) in [6, 6.07) is 6.94. The molecule has 0 N–H and O–H groups in total. The maximum Gasteiger partial charge on any atom is 0.268 e. The van der Waals surface area contributed by atoms with E-state index < -0.39 is 0 Å². The van der Waals surface area contributed by atoms with Gasteiger partial charge in [0.05, 0.1) is 5.39 Å². The lowest BCUT2D eigenvalue weighted by molar-refractivity contribution is 0.565. The van der Waals surface area contributed by atoms with Gasteiger partial charge in [0.2, 0.25) is 11.1 Å². The molecule has 2 heterocycles. The third-order valence-electron chi connectivity index (χ3n) is 3.83. The van der Waals surface area contributed by atoms with Gasteiger partial charge in [-0.2, -0.15) is 4.98 Å². The van der Waals surface area contributed by atoms with E-state index in [1.807, 2.05) is 6.92 Å². The van der Waals surface area contributed by atoms with Crippen LogP contribution in [0.3, 0.4) is 0 Å². The molecule has 0 atom stereocenters. The van der Waals surface area contributed by atoms with Gasteiger partial charge < -0.3 is 4.42 Å². The standard InChI is InChI=1S/C17H18N2O3/c1-3-5-10-19-13(4-2)18-16-14(17(19)21)15(20)11-8-6-7-9-12(11)22-16/h6-9H,3-5,10H2,1-2H3. The molecule has 0 aliphatic rings. The second-order valence-corrected chi connectivity index (χ2v) is 5.30. The number of nitrogens with zero attached hydrogens (tertiary/aromatic N) is 2. The molecule has 5 nitrogen and oxygen atoms in total. The molecule has 3 aromatic rings. The minimum absolute atomic E-state index is 0.0482. The van der Waals surface area contributed by atoms with Gasteiger partial charge in [-0.25, -0.2) is 0 Å². The van der Waals surface area contributed by atoms with E-state index in [4.69, 9.17) is 4.42 Å². The van der Waals surface area contributed by atoms with E-state index in [9.17, 15) is 9.59 Å². The predicted octanol–water partition coefficient (Wildman–Crippen LogP) is 2.87. The number of fused-ring (bicyclic) bond motifs is 2. The minimum atomic E-state index is -0.303. The Morgan fingerprint density at radius 1 is 1.18 bits per heavy atom. The van der Waals surface area contributed by atoms with Crippen LogP contribution in [0.4, 0.5) is 0 Å². The molecule has 0 bridgehead atoms. The molecule has 3 rings (SSSR count). The van der Waals surface area contributed by atoms with Crippen molar-refractivity contribution in [3.63, 3.8) is 0 Å². The Bertz CT molecular complexity index is 954. The van der Waals surface area contributed by atoms with Crippen LogP contribution in [0.2, 0.25) is 0 Å². The van der Waals surface area contributed by atoms with E-state index in [0.29, 0.717) is 29.8 Å². The average Bonchev–Trinajstić information content (AvgIpc) is 2.53. The SMILES string of the molecule is CCCCn1c(CC)nc2oc3ccccc3c(=O)c2c1=O. The number of aryl methyl sites for hydroxylation is 1. The molecular formula is C17H18N2O3. The highest BCUT2D eigenvalue weighted by Crippen LogP contribution is 2.15. The molecule has 114 valence electrons. The monoisotopic (exact) mass is 298 g/mol. The molecule has 22 heavy (non-hydrogen) atoms. The summed E-state index contributed by atoms with van der Waals surface area (Å²) in [6.45, 7) is 4.58. The van der Waals surface area contributed by atoms with E-state index >= 15 is 0 Å². The topological polar surface area (TPSA) is 65.1 Å². The highest BCUT2D eigenvalue weighted by atomic mass is 16.3. The molecule has 1 aromatic carbocycles.